The third-order valence-corrected chi connectivity index (χ3v) is 3.19. The Bertz CT molecular complexity index is 518. The number of nitrogens with one attached hydrogen (secondary N) is 1. The summed E-state index contributed by atoms with van der Waals surface area (Å²) in [6.45, 7) is 2.58. The van der Waals surface area contributed by atoms with Crippen molar-refractivity contribution in [1.29, 1.82) is 0 Å². The Labute approximate surface area is 119 Å². The first-order valence-corrected chi connectivity index (χ1v) is 6.64. The molecule has 4 nitrogen and oxygen atoms in total. The summed E-state index contributed by atoms with van der Waals surface area (Å²) in [7, 11) is 0. The van der Waals surface area contributed by atoms with Crippen molar-refractivity contribution in [3.8, 4) is 0 Å². The molecule has 1 atom stereocenters. The van der Waals surface area contributed by atoms with Gasteiger partial charge in [0.15, 0.2) is 0 Å². The molecule has 0 aromatic carbocycles. The highest BCUT2D eigenvalue weighted by molar-refractivity contribution is 9.10. The van der Waals surface area contributed by atoms with Crippen LogP contribution in [0.4, 0.5) is 0 Å². The van der Waals surface area contributed by atoms with Crippen LogP contribution in [0.15, 0.2) is 35.2 Å². The molecule has 0 spiro atoms. The molecule has 0 radical (unpaired) electrons. The van der Waals surface area contributed by atoms with E-state index in [1.165, 1.54) is 0 Å². The topological polar surface area (TPSA) is 50.7 Å². The van der Waals surface area contributed by atoms with Crippen molar-refractivity contribution in [2.24, 2.45) is 0 Å². The molecule has 94 valence electrons. The lowest BCUT2D eigenvalue weighted by atomic mass is 10.3. The molecule has 1 unspecified atom stereocenters. The van der Waals surface area contributed by atoms with Gasteiger partial charge in [-0.05, 0) is 35.0 Å². The first kappa shape index (κ1) is 13.4. The van der Waals surface area contributed by atoms with Crippen LogP contribution < -0.4 is 5.32 Å². The lowest BCUT2D eigenvalue weighted by Gasteiger charge is -2.12. The highest BCUT2D eigenvalue weighted by atomic mass is 79.9. The molecule has 2 aromatic heterocycles. The van der Waals surface area contributed by atoms with E-state index < -0.39 is 0 Å². The van der Waals surface area contributed by atoms with Crippen molar-refractivity contribution >= 4 is 27.5 Å². The lowest BCUT2D eigenvalue weighted by Crippen LogP contribution is -2.20. The molecule has 2 aromatic rings. The van der Waals surface area contributed by atoms with Gasteiger partial charge in [-0.2, -0.15) is 0 Å². The maximum Gasteiger partial charge on any atom is 0.144 e. The molecule has 0 fully saturated rings. The molecule has 0 saturated carbocycles. The maximum absolute atomic E-state index is 6.03. The van der Waals surface area contributed by atoms with Gasteiger partial charge in [0.2, 0.25) is 0 Å². The summed E-state index contributed by atoms with van der Waals surface area (Å²) in [5.74, 6) is 0.741. The molecule has 0 amide bonds. The summed E-state index contributed by atoms with van der Waals surface area (Å²) in [5.41, 5.74) is 0.822. The molecule has 6 heteroatoms. The smallest absolute Gasteiger partial charge is 0.144 e. The third-order valence-electron chi connectivity index (χ3n) is 2.44. The van der Waals surface area contributed by atoms with Gasteiger partial charge in [0.1, 0.15) is 5.82 Å². The van der Waals surface area contributed by atoms with Gasteiger partial charge in [-0.25, -0.2) is 9.97 Å². The summed E-state index contributed by atoms with van der Waals surface area (Å²) in [4.78, 5) is 12.7. The number of hydrogen-bond donors (Lipinski definition) is 1. The van der Waals surface area contributed by atoms with Gasteiger partial charge in [-0.1, -0.05) is 11.6 Å². The molecule has 0 aliphatic heterocycles. The van der Waals surface area contributed by atoms with E-state index in [4.69, 9.17) is 11.6 Å². The standard InChI is InChI=1S/C12H12BrClN4/c1-8(12-17-5-9(13)6-18-12)16-7-11-10(14)3-2-4-15-11/h2-6,8,16H,7H2,1H3. The number of nitrogens with zero attached hydrogens (tertiary/aromatic N) is 3. The van der Waals surface area contributed by atoms with Gasteiger partial charge in [-0.3, -0.25) is 4.98 Å². The molecule has 0 saturated heterocycles. The Hall–Kier alpha value is -1.04. The largest absolute Gasteiger partial charge is 0.302 e. The van der Waals surface area contributed by atoms with E-state index in [9.17, 15) is 0 Å². The summed E-state index contributed by atoms with van der Waals surface area (Å²) in [6.07, 6.45) is 5.19. The Kier molecular flexibility index (Phi) is 4.63. The zero-order valence-electron chi connectivity index (χ0n) is 9.77. The van der Waals surface area contributed by atoms with Crippen molar-refractivity contribution in [2.75, 3.05) is 0 Å². The molecule has 18 heavy (non-hydrogen) atoms. The Morgan fingerprint density at radius 3 is 2.72 bits per heavy atom. The highest BCUT2D eigenvalue weighted by Gasteiger charge is 2.09. The monoisotopic (exact) mass is 326 g/mol. The minimum absolute atomic E-state index is 0.0381. The summed E-state index contributed by atoms with van der Waals surface area (Å²) in [5, 5.41) is 3.95. The Balaban J connectivity index is 1.98. The van der Waals surface area contributed by atoms with Crippen LogP contribution in [0.5, 0.6) is 0 Å². The number of hydrogen-bond acceptors (Lipinski definition) is 4. The van der Waals surface area contributed by atoms with Gasteiger partial charge in [0.25, 0.3) is 0 Å². The van der Waals surface area contributed by atoms with Gasteiger partial charge in [0, 0.05) is 25.1 Å². The molecule has 0 aliphatic rings. The van der Waals surface area contributed by atoms with Crippen LogP contribution in [0, 0.1) is 0 Å². The molecule has 1 N–H and O–H groups in total. The summed E-state index contributed by atoms with van der Waals surface area (Å²) < 4.78 is 0.867. The minimum atomic E-state index is 0.0381. The number of rotatable bonds is 4. The van der Waals surface area contributed by atoms with Crippen LogP contribution in [0.1, 0.15) is 24.5 Å². The van der Waals surface area contributed by atoms with Crippen molar-refractivity contribution in [2.45, 2.75) is 19.5 Å². The van der Waals surface area contributed by atoms with E-state index in [0.29, 0.717) is 11.6 Å². The molecule has 0 bridgehead atoms. The molecule has 0 aliphatic carbocycles. The average molecular weight is 328 g/mol. The SMILES string of the molecule is CC(NCc1ncccc1Cl)c1ncc(Br)cn1. The first-order valence-electron chi connectivity index (χ1n) is 5.47. The fourth-order valence-electron chi connectivity index (χ4n) is 1.44. The zero-order valence-corrected chi connectivity index (χ0v) is 12.1. The fourth-order valence-corrected chi connectivity index (χ4v) is 1.83. The van der Waals surface area contributed by atoms with Crippen molar-refractivity contribution in [1.82, 2.24) is 20.3 Å². The predicted octanol–water partition coefficient (Wildman–Crippen LogP) is 3.14. The number of pyridine rings is 1. The third kappa shape index (κ3) is 3.48. The van der Waals surface area contributed by atoms with E-state index in [1.54, 1.807) is 18.6 Å². The van der Waals surface area contributed by atoms with E-state index in [1.807, 2.05) is 19.1 Å². The fraction of sp³-hybridized carbons (Fsp3) is 0.250. The van der Waals surface area contributed by atoms with Crippen molar-refractivity contribution < 1.29 is 0 Å². The lowest BCUT2D eigenvalue weighted by molar-refractivity contribution is 0.540. The minimum Gasteiger partial charge on any atom is -0.302 e. The molecular formula is C12H12BrClN4. The van der Waals surface area contributed by atoms with Crippen LogP contribution in [-0.2, 0) is 6.54 Å². The second kappa shape index (κ2) is 6.22. The maximum atomic E-state index is 6.03. The quantitative estimate of drug-likeness (QED) is 0.937. The van der Waals surface area contributed by atoms with Crippen LogP contribution in [0.25, 0.3) is 0 Å². The van der Waals surface area contributed by atoms with Gasteiger partial charge < -0.3 is 5.32 Å². The first-order chi connectivity index (χ1) is 8.66. The number of halogens is 2. The highest BCUT2D eigenvalue weighted by Crippen LogP contribution is 2.14. The van der Waals surface area contributed by atoms with Gasteiger partial charge in [-0.15, -0.1) is 0 Å². The molecule has 2 rings (SSSR count). The Morgan fingerprint density at radius 1 is 1.33 bits per heavy atom. The van der Waals surface area contributed by atoms with Crippen LogP contribution in [0.2, 0.25) is 5.02 Å². The Morgan fingerprint density at radius 2 is 2.06 bits per heavy atom. The summed E-state index contributed by atoms with van der Waals surface area (Å²) in [6, 6.07) is 3.68. The second-order valence-electron chi connectivity index (χ2n) is 3.79. The van der Waals surface area contributed by atoms with Crippen LogP contribution >= 0.6 is 27.5 Å². The number of aromatic nitrogens is 3. The van der Waals surface area contributed by atoms with E-state index in [2.05, 4.69) is 36.2 Å². The van der Waals surface area contributed by atoms with Crippen molar-refractivity contribution in [3.05, 3.63) is 51.7 Å². The van der Waals surface area contributed by atoms with Gasteiger partial charge >= 0.3 is 0 Å². The van der Waals surface area contributed by atoms with Crippen LogP contribution in [-0.4, -0.2) is 15.0 Å². The van der Waals surface area contributed by atoms with Crippen LogP contribution in [0.3, 0.4) is 0 Å². The normalized spacial score (nSPS) is 12.4. The molecule has 2 heterocycles. The predicted molar refractivity (Wildman–Crippen MR) is 74.2 cm³/mol. The van der Waals surface area contributed by atoms with Gasteiger partial charge in [0.05, 0.1) is 21.2 Å². The van der Waals surface area contributed by atoms with Crippen molar-refractivity contribution in [3.63, 3.8) is 0 Å². The second-order valence-corrected chi connectivity index (χ2v) is 5.12. The van der Waals surface area contributed by atoms with E-state index >= 15 is 0 Å². The van der Waals surface area contributed by atoms with E-state index in [0.717, 1.165) is 16.0 Å². The average Bonchev–Trinajstić information content (AvgIpc) is 2.38. The van der Waals surface area contributed by atoms with E-state index in [-0.39, 0.29) is 6.04 Å². The molecular weight excluding hydrogens is 316 g/mol. The zero-order chi connectivity index (χ0) is 13.0. The summed E-state index contributed by atoms with van der Waals surface area (Å²) >= 11 is 9.34.